The van der Waals surface area contributed by atoms with Gasteiger partial charge in [-0.25, -0.2) is 9.78 Å². The van der Waals surface area contributed by atoms with Gasteiger partial charge in [-0.05, 0) is 73.0 Å². The zero-order chi connectivity index (χ0) is 30.2. The van der Waals surface area contributed by atoms with Crippen molar-refractivity contribution < 1.29 is 27.5 Å². The number of halogens is 3. The fourth-order valence-electron chi connectivity index (χ4n) is 6.01. The first-order chi connectivity index (χ1) is 20.6. The number of aromatic nitrogens is 2. The average molecular weight is 593 g/mol. The molecule has 2 aliphatic rings. The summed E-state index contributed by atoms with van der Waals surface area (Å²) in [6, 6.07) is 17.5. The van der Waals surface area contributed by atoms with Crippen molar-refractivity contribution in [2.45, 2.75) is 31.1 Å². The standard InChI is InChI=1S/C31H31F3N6O3/c1-43-26-10-4-22(5-11-26)19-40-29(42)38(20-27(41)36-24-8-6-23(7-9-24)31(32,33)34)21-30(40)13-17-37(18-14-30)28-35-15-12-25-3-2-16-39(25)28/h2-12,15-16H,13-14,17-21H2,1H3,(H,36,41). The molecule has 0 unspecified atom stereocenters. The summed E-state index contributed by atoms with van der Waals surface area (Å²) in [6.07, 6.45) is 0.651. The van der Waals surface area contributed by atoms with E-state index in [0.29, 0.717) is 44.8 Å². The molecule has 2 aromatic carbocycles. The number of ether oxygens (including phenoxy) is 1. The first-order valence-electron chi connectivity index (χ1n) is 14.0. The molecule has 3 amide bonds. The smallest absolute Gasteiger partial charge is 0.416 e. The Balaban J connectivity index is 1.20. The molecule has 9 nitrogen and oxygen atoms in total. The van der Waals surface area contributed by atoms with Gasteiger partial charge in [0.25, 0.3) is 0 Å². The summed E-state index contributed by atoms with van der Waals surface area (Å²) in [5, 5.41) is 2.63. The maximum absolute atomic E-state index is 13.8. The van der Waals surface area contributed by atoms with Crippen LogP contribution in [0.4, 0.5) is 29.6 Å². The highest BCUT2D eigenvalue weighted by molar-refractivity contribution is 5.95. The lowest BCUT2D eigenvalue weighted by molar-refractivity contribution is -0.137. The van der Waals surface area contributed by atoms with Crippen molar-refractivity contribution in [1.82, 2.24) is 19.2 Å². The number of rotatable bonds is 7. The van der Waals surface area contributed by atoms with Gasteiger partial charge in [-0.15, -0.1) is 0 Å². The quantitative estimate of drug-likeness (QED) is 0.316. The zero-order valence-corrected chi connectivity index (χ0v) is 23.6. The van der Waals surface area contributed by atoms with E-state index in [2.05, 4.69) is 15.2 Å². The second-order valence-electron chi connectivity index (χ2n) is 11.0. The van der Waals surface area contributed by atoms with Crippen molar-refractivity contribution in [2.75, 3.05) is 43.5 Å². The highest BCUT2D eigenvalue weighted by Crippen LogP contribution is 2.38. The molecule has 0 atom stereocenters. The van der Waals surface area contributed by atoms with E-state index in [4.69, 9.17) is 4.74 Å². The molecule has 0 bridgehead atoms. The first kappa shape index (κ1) is 28.4. The number of carbonyl (C=O) groups is 2. The predicted octanol–water partition coefficient (Wildman–Crippen LogP) is 5.28. The van der Waals surface area contributed by atoms with Gasteiger partial charge in [-0.2, -0.15) is 13.2 Å². The summed E-state index contributed by atoms with van der Waals surface area (Å²) in [5.74, 6) is 1.08. The summed E-state index contributed by atoms with van der Waals surface area (Å²) in [7, 11) is 1.60. The predicted molar refractivity (Wildman–Crippen MR) is 155 cm³/mol. The van der Waals surface area contributed by atoms with Gasteiger partial charge in [0.05, 0.1) is 18.2 Å². The van der Waals surface area contributed by atoms with Crippen LogP contribution in [0.3, 0.4) is 0 Å². The first-order valence-corrected chi connectivity index (χ1v) is 14.0. The molecule has 4 aromatic rings. The number of hydrogen-bond acceptors (Lipinski definition) is 5. The number of fused-ring (bicyclic) bond motifs is 1. The van der Waals surface area contributed by atoms with Crippen LogP contribution in [0.2, 0.25) is 0 Å². The third kappa shape index (κ3) is 5.69. The van der Waals surface area contributed by atoms with Crippen LogP contribution in [0.5, 0.6) is 5.75 Å². The van der Waals surface area contributed by atoms with Crippen molar-refractivity contribution in [1.29, 1.82) is 0 Å². The van der Waals surface area contributed by atoms with E-state index in [9.17, 15) is 22.8 Å². The average Bonchev–Trinajstić information content (AvgIpc) is 3.57. The minimum absolute atomic E-state index is 0.214. The number of amides is 3. The van der Waals surface area contributed by atoms with Gasteiger partial charge in [0, 0.05) is 49.8 Å². The van der Waals surface area contributed by atoms with Crippen LogP contribution in [0.15, 0.2) is 79.1 Å². The van der Waals surface area contributed by atoms with Gasteiger partial charge in [-0.1, -0.05) is 12.1 Å². The van der Waals surface area contributed by atoms with Crippen LogP contribution >= 0.6 is 0 Å². The number of piperidine rings is 1. The Hall–Kier alpha value is -4.74. The van der Waals surface area contributed by atoms with E-state index in [-0.39, 0.29) is 18.3 Å². The zero-order valence-electron chi connectivity index (χ0n) is 23.6. The number of anilines is 2. The number of nitrogens with one attached hydrogen (secondary N) is 1. The Labute approximate surface area is 246 Å². The summed E-state index contributed by atoms with van der Waals surface area (Å²) in [6.45, 7) is 1.85. The second kappa shape index (κ2) is 11.2. The van der Waals surface area contributed by atoms with Crippen molar-refractivity contribution in [3.63, 3.8) is 0 Å². The van der Waals surface area contributed by atoms with Gasteiger partial charge in [-0.3, -0.25) is 9.20 Å². The van der Waals surface area contributed by atoms with Gasteiger partial charge >= 0.3 is 12.2 Å². The largest absolute Gasteiger partial charge is 0.497 e. The number of carbonyl (C=O) groups excluding carboxylic acids is 2. The molecule has 6 rings (SSSR count). The van der Waals surface area contributed by atoms with Crippen LogP contribution in [0.25, 0.3) is 5.52 Å². The van der Waals surface area contributed by atoms with Crippen LogP contribution < -0.4 is 15.0 Å². The molecule has 2 aliphatic heterocycles. The van der Waals surface area contributed by atoms with E-state index in [1.807, 2.05) is 58.0 Å². The number of benzene rings is 2. The Bertz CT molecular complexity index is 1610. The van der Waals surface area contributed by atoms with E-state index >= 15 is 0 Å². The summed E-state index contributed by atoms with van der Waals surface area (Å²) in [5.41, 5.74) is 0.908. The Morgan fingerprint density at radius 2 is 1.74 bits per heavy atom. The molecule has 2 fully saturated rings. The number of hydrogen-bond donors (Lipinski definition) is 1. The van der Waals surface area contributed by atoms with Crippen LogP contribution in [-0.4, -0.2) is 70.0 Å². The van der Waals surface area contributed by atoms with Gasteiger partial charge in [0.15, 0.2) is 0 Å². The Kier molecular flexibility index (Phi) is 7.37. The molecule has 224 valence electrons. The molecule has 0 saturated carbocycles. The molecular weight excluding hydrogens is 561 g/mol. The van der Waals surface area contributed by atoms with E-state index in [1.54, 1.807) is 13.3 Å². The van der Waals surface area contributed by atoms with Gasteiger partial charge in [0.1, 0.15) is 12.3 Å². The van der Waals surface area contributed by atoms with Crippen LogP contribution in [0, 0.1) is 0 Å². The van der Waals surface area contributed by atoms with Crippen molar-refractivity contribution in [3.05, 3.63) is 90.3 Å². The normalized spacial score (nSPS) is 16.7. The molecule has 43 heavy (non-hydrogen) atoms. The molecule has 1 N–H and O–H groups in total. The van der Waals surface area contributed by atoms with Gasteiger partial charge in [0.2, 0.25) is 11.9 Å². The lowest BCUT2D eigenvalue weighted by Gasteiger charge is -2.44. The molecule has 0 radical (unpaired) electrons. The number of urea groups is 1. The molecule has 0 aliphatic carbocycles. The molecule has 1 spiro atoms. The third-order valence-corrected chi connectivity index (χ3v) is 8.30. The summed E-state index contributed by atoms with van der Waals surface area (Å²) in [4.78, 5) is 37.0. The number of alkyl halides is 3. The fraction of sp³-hybridized carbons (Fsp3) is 0.323. The SMILES string of the molecule is COc1ccc(CN2C(=O)N(CC(=O)Nc3ccc(C(F)(F)F)cc3)CC23CCN(c2nccc4cccn24)CC3)cc1. The molecule has 4 heterocycles. The minimum atomic E-state index is -4.47. The Morgan fingerprint density at radius 3 is 2.42 bits per heavy atom. The van der Waals surface area contributed by atoms with Crippen molar-refractivity contribution in [2.24, 2.45) is 0 Å². The second-order valence-corrected chi connectivity index (χ2v) is 11.0. The number of nitrogens with zero attached hydrogens (tertiary/aromatic N) is 5. The number of methoxy groups -OCH3 is 1. The lowest BCUT2D eigenvalue weighted by atomic mass is 9.86. The Morgan fingerprint density at radius 1 is 1.02 bits per heavy atom. The highest BCUT2D eigenvalue weighted by atomic mass is 19.4. The van der Waals surface area contributed by atoms with Crippen LogP contribution in [-0.2, 0) is 17.5 Å². The van der Waals surface area contributed by atoms with E-state index in [1.165, 1.54) is 17.0 Å². The third-order valence-electron chi connectivity index (χ3n) is 8.30. The van der Waals surface area contributed by atoms with Crippen molar-refractivity contribution >= 4 is 29.1 Å². The molecule has 2 saturated heterocycles. The van der Waals surface area contributed by atoms with Crippen LogP contribution in [0.1, 0.15) is 24.0 Å². The van der Waals surface area contributed by atoms with E-state index < -0.39 is 23.2 Å². The fourth-order valence-corrected chi connectivity index (χ4v) is 6.01. The maximum atomic E-state index is 13.8. The van der Waals surface area contributed by atoms with Crippen molar-refractivity contribution in [3.8, 4) is 5.75 Å². The summed E-state index contributed by atoms with van der Waals surface area (Å²) < 4.78 is 46.1. The summed E-state index contributed by atoms with van der Waals surface area (Å²) >= 11 is 0. The minimum Gasteiger partial charge on any atom is -0.497 e. The monoisotopic (exact) mass is 592 g/mol. The van der Waals surface area contributed by atoms with Gasteiger partial charge < -0.3 is 24.8 Å². The maximum Gasteiger partial charge on any atom is 0.416 e. The van der Waals surface area contributed by atoms with E-state index in [0.717, 1.165) is 29.2 Å². The molecule has 2 aromatic heterocycles. The molecular formula is C31H31F3N6O3. The lowest BCUT2D eigenvalue weighted by Crippen LogP contribution is -2.54. The molecule has 12 heteroatoms. The highest BCUT2D eigenvalue weighted by Gasteiger charge is 2.51. The topological polar surface area (TPSA) is 82.4 Å².